The van der Waals surface area contributed by atoms with Crippen molar-refractivity contribution < 1.29 is 27.4 Å². The molecule has 174 valence electrons. The number of fused-ring (bicyclic) bond motifs is 1. The van der Waals surface area contributed by atoms with Crippen molar-refractivity contribution in [1.29, 1.82) is 0 Å². The van der Waals surface area contributed by atoms with E-state index < -0.39 is 12.4 Å². The Morgan fingerprint density at radius 1 is 1.27 bits per heavy atom. The van der Waals surface area contributed by atoms with Crippen LogP contribution in [-0.4, -0.2) is 45.8 Å². The summed E-state index contributed by atoms with van der Waals surface area (Å²) in [5.74, 6) is -0.741. The minimum absolute atomic E-state index is 0.170. The zero-order chi connectivity index (χ0) is 23.9. The van der Waals surface area contributed by atoms with Gasteiger partial charge in [-0.25, -0.2) is 9.37 Å². The fraction of sp³-hybridized carbons (Fsp3) is 0.348. The van der Waals surface area contributed by atoms with Crippen LogP contribution in [0.4, 0.5) is 13.2 Å². The van der Waals surface area contributed by atoms with Gasteiger partial charge in [-0.3, -0.25) is 9.48 Å². The average molecular weight is 460 g/mol. The lowest BCUT2D eigenvalue weighted by atomic mass is 9.94. The number of hydrogen-bond acceptors (Lipinski definition) is 5. The Labute approximate surface area is 188 Å². The van der Waals surface area contributed by atoms with Crippen molar-refractivity contribution in [3.05, 3.63) is 58.7 Å². The maximum absolute atomic E-state index is 14.1. The van der Waals surface area contributed by atoms with Crippen molar-refractivity contribution in [2.75, 3.05) is 13.7 Å². The summed E-state index contributed by atoms with van der Waals surface area (Å²) >= 11 is 0. The van der Waals surface area contributed by atoms with Crippen LogP contribution in [0.3, 0.4) is 0 Å². The first kappa shape index (κ1) is 22.6. The molecular formula is C23H23F3N4O3. The van der Waals surface area contributed by atoms with E-state index in [0.717, 1.165) is 11.6 Å². The molecule has 0 saturated heterocycles. The molecule has 4 rings (SSSR count). The fourth-order valence-electron chi connectivity index (χ4n) is 4.36. The van der Waals surface area contributed by atoms with E-state index in [0.29, 0.717) is 46.9 Å². The van der Waals surface area contributed by atoms with Crippen molar-refractivity contribution in [1.82, 2.24) is 19.7 Å². The Balaban J connectivity index is 1.70. The summed E-state index contributed by atoms with van der Waals surface area (Å²) in [5, 5.41) is 4.59. The molecule has 1 aliphatic rings. The van der Waals surface area contributed by atoms with E-state index in [4.69, 9.17) is 4.74 Å². The number of carbonyl (C=O) groups is 1. The molecule has 0 saturated carbocycles. The second kappa shape index (κ2) is 8.76. The smallest absolute Gasteiger partial charge is 0.387 e. The third-order valence-corrected chi connectivity index (χ3v) is 5.85. The first-order valence-corrected chi connectivity index (χ1v) is 10.3. The number of halogens is 3. The van der Waals surface area contributed by atoms with Gasteiger partial charge in [-0.2, -0.15) is 13.9 Å². The van der Waals surface area contributed by atoms with Gasteiger partial charge in [0.2, 0.25) is 5.88 Å². The van der Waals surface area contributed by atoms with Crippen LogP contribution in [0.5, 0.6) is 11.6 Å². The molecule has 1 amide bonds. The Hall–Kier alpha value is -3.56. The van der Waals surface area contributed by atoms with Crippen LogP contribution in [-0.2, 0) is 13.5 Å². The van der Waals surface area contributed by atoms with E-state index in [9.17, 15) is 18.0 Å². The number of methoxy groups -OCH3 is 1. The van der Waals surface area contributed by atoms with E-state index in [1.165, 1.54) is 25.4 Å². The molecule has 2 aromatic heterocycles. The summed E-state index contributed by atoms with van der Waals surface area (Å²) in [6.07, 6.45) is 2.00. The lowest BCUT2D eigenvalue weighted by Gasteiger charge is -2.33. The topological polar surface area (TPSA) is 69.5 Å². The molecule has 0 fully saturated rings. The Kier molecular flexibility index (Phi) is 6.01. The van der Waals surface area contributed by atoms with Crippen LogP contribution in [0.1, 0.15) is 40.1 Å². The van der Waals surface area contributed by atoms with Crippen LogP contribution >= 0.6 is 0 Å². The molecule has 3 heterocycles. The molecule has 1 aromatic carbocycles. The number of rotatable bonds is 5. The standard InChI is InChI=1S/C23H23F3N4O3/c1-12-17(5-7-27-21(12)32-4)22(31)30-8-6-18-19(13(30)2)28-29(3)20(18)14-9-15(24)11-16(10-14)33-23(25)26/h5,7,9-11,13,23H,6,8H2,1-4H3/t13-/m0/s1. The minimum Gasteiger partial charge on any atom is -0.481 e. The van der Waals surface area contributed by atoms with Crippen molar-refractivity contribution in [2.45, 2.75) is 32.9 Å². The highest BCUT2D eigenvalue weighted by Crippen LogP contribution is 2.37. The summed E-state index contributed by atoms with van der Waals surface area (Å²) in [7, 11) is 3.20. The van der Waals surface area contributed by atoms with Crippen LogP contribution in [0, 0.1) is 12.7 Å². The van der Waals surface area contributed by atoms with Gasteiger partial charge >= 0.3 is 6.61 Å². The van der Waals surface area contributed by atoms with E-state index in [1.807, 2.05) is 6.92 Å². The number of alkyl halides is 2. The predicted molar refractivity (Wildman–Crippen MR) is 114 cm³/mol. The number of aromatic nitrogens is 3. The minimum atomic E-state index is -3.06. The molecule has 7 nitrogen and oxygen atoms in total. The van der Waals surface area contributed by atoms with Crippen LogP contribution in [0.15, 0.2) is 30.5 Å². The SMILES string of the molecule is COc1nccc(C(=O)N2CCc3c(nn(C)c3-c3cc(F)cc(OC(F)F)c3)[C@@H]2C)c1C. The largest absolute Gasteiger partial charge is 0.481 e. The maximum atomic E-state index is 14.1. The van der Waals surface area contributed by atoms with Gasteiger partial charge in [0.15, 0.2) is 0 Å². The van der Waals surface area contributed by atoms with Crippen LogP contribution in [0.2, 0.25) is 0 Å². The van der Waals surface area contributed by atoms with E-state index >= 15 is 0 Å². The molecule has 0 spiro atoms. The molecule has 0 N–H and O–H groups in total. The van der Waals surface area contributed by atoms with Gasteiger partial charge < -0.3 is 14.4 Å². The lowest BCUT2D eigenvalue weighted by Crippen LogP contribution is -2.39. The number of benzene rings is 1. The van der Waals surface area contributed by atoms with E-state index in [1.54, 1.807) is 29.6 Å². The molecule has 1 aliphatic heterocycles. The number of hydrogen-bond donors (Lipinski definition) is 0. The number of amides is 1. The Morgan fingerprint density at radius 3 is 2.73 bits per heavy atom. The predicted octanol–water partition coefficient (Wildman–Crippen LogP) is 4.30. The summed E-state index contributed by atoms with van der Waals surface area (Å²) in [6.45, 7) is 0.999. The van der Waals surface area contributed by atoms with Crippen LogP contribution < -0.4 is 9.47 Å². The molecule has 0 aliphatic carbocycles. The zero-order valence-corrected chi connectivity index (χ0v) is 18.6. The highest BCUT2D eigenvalue weighted by molar-refractivity contribution is 5.96. The maximum Gasteiger partial charge on any atom is 0.387 e. The third-order valence-electron chi connectivity index (χ3n) is 5.85. The Morgan fingerprint density at radius 2 is 2.03 bits per heavy atom. The average Bonchev–Trinajstić information content (AvgIpc) is 3.09. The molecule has 0 bridgehead atoms. The molecular weight excluding hydrogens is 437 g/mol. The molecule has 1 atom stereocenters. The zero-order valence-electron chi connectivity index (χ0n) is 18.6. The fourth-order valence-corrected chi connectivity index (χ4v) is 4.36. The second-order valence-electron chi connectivity index (χ2n) is 7.81. The first-order chi connectivity index (χ1) is 15.7. The van der Waals surface area contributed by atoms with Gasteiger partial charge in [-0.15, -0.1) is 0 Å². The van der Waals surface area contributed by atoms with Gasteiger partial charge in [0.1, 0.15) is 11.6 Å². The highest BCUT2D eigenvalue weighted by atomic mass is 19.3. The van der Waals surface area contributed by atoms with Crippen molar-refractivity contribution in [2.24, 2.45) is 7.05 Å². The van der Waals surface area contributed by atoms with Gasteiger partial charge in [0.05, 0.1) is 24.5 Å². The normalized spacial score (nSPS) is 15.5. The number of ether oxygens (including phenoxy) is 2. The van der Waals surface area contributed by atoms with Crippen molar-refractivity contribution >= 4 is 5.91 Å². The summed E-state index contributed by atoms with van der Waals surface area (Å²) in [4.78, 5) is 19.2. The quantitative estimate of drug-likeness (QED) is 0.568. The molecule has 10 heteroatoms. The second-order valence-corrected chi connectivity index (χ2v) is 7.81. The summed E-state index contributed by atoms with van der Waals surface area (Å²) < 4.78 is 50.7. The lowest BCUT2D eigenvalue weighted by molar-refractivity contribution is -0.0499. The number of aryl methyl sites for hydroxylation is 1. The number of pyridine rings is 1. The van der Waals surface area contributed by atoms with Crippen molar-refractivity contribution in [3.8, 4) is 22.9 Å². The van der Waals surface area contributed by atoms with Crippen LogP contribution in [0.25, 0.3) is 11.3 Å². The molecule has 0 radical (unpaired) electrons. The highest BCUT2D eigenvalue weighted by Gasteiger charge is 2.34. The first-order valence-electron chi connectivity index (χ1n) is 10.3. The van der Waals surface area contributed by atoms with Gasteiger partial charge in [0.25, 0.3) is 5.91 Å². The van der Waals surface area contributed by atoms with E-state index in [2.05, 4.69) is 14.8 Å². The van der Waals surface area contributed by atoms with Gasteiger partial charge in [0, 0.05) is 48.1 Å². The number of nitrogens with zero attached hydrogens (tertiary/aromatic N) is 4. The molecule has 33 heavy (non-hydrogen) atoms. The third kappa shape index (κ3) is 4.12. The summed E-state index contributed by atoms with van der Waals surface area (Å²) in [5.41, 5.74) is 3.63. The van der Waals surface area contributed by atoms with E-state index in [-0.39, 0.29) is 17.7 Å². The monoisotopic (exact) mass is 460 g/mol. The Bertz CT molecular complexity index is 1210. The van der Waals surface area contributed by atoms with Crippen molar-refractivity contribution in [3.63, 3.8) is 0 Å². The summed E-state index contributed by atoms with van der Waals surface area (Å²) in [6, 6.07) is 4.83. The molecule has 3 aromatic rings. The molecule has 0 unspecified atom stereocenters. The number of carbonyl (C=O) groups excluding carboxylic acids is 1. The van der Waals surface area contributed by atoms with Gasteiger partial charge in [-0.1, -0.05) is 0 Å². The van der Waals surface area contributed by atoms with Gasteiger partial charge in [-0.05, 0) is 38.5 Å².